The SMILES string of the molecule is CC(C)NC(=O)N(C)c1ncccc1N. The summed E-state index contributed by atoms with van der Waals surface area (Å²) in [6.45, 7) is 3.79. The van der Waals surface area contributed by atoms with E-state index < -0.39 is 0 Å². The molecule has 0 saturated heterocycles. The summed E-state index contributed by atoms with van der Waals surface area (Å²) in [5, 5.41) is 2.76. The summed E-state index contributed by atoms with van der Waals surface area (Å²) in [5.41, 5.74) is 6.19. The van der Waals surface area contributed by atoms with Crippen LogP contribution in [0.1, 0.15) is 13.8 Å². The van der Waals surface area contributed by atoms with E-state index in [0.717, 1.165) is 0 Å². The van der Waals surface area contributed by atoms with Crippen LogP contribution in [0, 0.1) is 0 Å². The maximum Gasteiger partial charge on any atom is 0.323 e. The zero-order chi connectivity index (χ0) is 11.4. The lowest BCUT2D eigenvalue weighted by atomic mass is 10.3. The Hall–Kier alpha value is -1.78. The van der Waals surface area contributed by atoms with Crippen molar-refractivity contribution in [2.24, 2.45) is 0 Å². The molecule has 1 aromatic rings. The van der Waals surface area contributed by atoms with E-state index in [-0.39, 0.29) is 12.1 Å². The van der Waals surface area contributed by atoms with Crippen molar-refractivity contribution in [2.75, 3.05) is 17.7 Å². The Kier molecular flexibility index (Phi) is 3.49. The molecule has 0 radical (unpaired) electrons. The Bertz CT molecular complexity index is 351. The molecule has 1 aromatic heterocycles. The zero-order valence-electron chi connectivity index (χ0n) is 9.19. The van der Waals surface area contributed by atoms with Gasteiger partial charge in [-0.15, -0.1) is 0 Å². The van der Waals surface area contributed by atoms with Gasteiger partial charge < -0.3 is 11.1 Å². The predicted octanol–water partition coefficient (Wildman–Crippen LogP) is 1.22. The van der Waals surface area contributed by atoms with Crippen molar-refractivity contribution in [3.8, 4) is 0 Å². The summed E-state index contributed by atoms with van der Waals surface area (Å²) in [5.74, 6) is 0.468. The van der Waals surface area contributed by atoms with Crippen LogP contribution in [0.5, 0.6) is 0 Å². The molecule has 1 rings (SSSR count). The van der Waals surface area contributed by atoms with Crippen molar-refractivity contribution in [1.29, 1.82) is 0 Å². The first-order chi connectivity index (χ1) is 7.02. The minimum absolute atomic E-state index is 0.0879. The average Bonchev–Trinajstić information content (AvgIpc) is 2.16. The Morgan fingerprint density at radius 3 is 2.80 bits per heavy atom. The lowest BCUT2D eigenvalue weighted by molar-refractivity contribution is 0.245. The van der Waals surface area contributed by atoms with Gasteiger partial charge in [0, 0.05) is 19.3 Å². The first-order valence-corrected chi connectivity index (χ1v) is 4.77. The van der Waals surface area contributed by atoms with Gasteiger partial charge in [0.15, 0.2) is 5.82 Å². The van der Waals surface area contributed by atoms with E-state index in [4.69, 9.17) is 5.73 Å². The molecule has 0 atom stereocenters. The monoisotopic (exact) mass is 208 g/mol. The van der Waals surface area contributed by atoms with Crippen LogP contribution >= 0.6 is 0 Å². The maximum absolute atomic E-state index is 11.6. The van der Waals surface area contributed by atoms with Crippen LogP contribution in [0.2, 0.25) is 0 Å². The summed E-state index contributed by atoms with van der Waals surface area (Å²) in [6, 6.07) is 3.31. The second kappa shape index (κ2) is 4.63. The lowest BCUT2D eigenvalue weighted by Crippen LogP contribution is -2.41. The number of carbonyl (C=O) groups is 1. The molecule has 82 valence electrons. The Labute approximate surface area is 89.3 Å². The standard InChI is InChI=1S/C10H16N4O/c1-7(2)13-10(15)14(3)9-8(11)5-4-6-12-9/h4-7H,11H2,1-3H3,(H,13,15). The van der Waals surface area contributed by atoms with Gasteiger partial charge in [0.2, 0.25) is 0 Å². The van der Waals surface area contributed by atoms with Crippen molar-refractivity contribution < 1.29 is 4.79 Å². The molecular formula is C10H16N4O. The summed E-state index contributed by atoms with van der Waals surface area (Å²) in [7, 11) is 1.64. The van der Waals surface area contributed by atoms with Crippen LogP contribution in [0.3, 0.4) is 0 Å². The number of hydrogen-bond acceptors (Lipinski definition) is 3. The minimum Gasteiger partial charge on any atom is -0.396 e. The molecule has 1 heterocycles. The van der Waals surface area contributed by atoms with Crippen LogP contribution in [-0.4, -0.2) is 24.1 Å². The molecule has 0 bridgehead atoms. The third-order valence-electron chi connectivity index (χ3n) is 1.85. The fourth-order valence-corrected chi connectivity index (χ4v) is 1.13. The molecule has 0 unspecified atom stereocenters. The molecule has 0 spiro atoms. The molecule has 0 aromatic carbocycles. The number of aromatic nitrogens is 1. The first-order valence-electron chi connectivity index (χ1n) is 4.77. The van der Waals surface area contributed by atoms with Crippen LogP contribution in [0.4, 0.5) is 16.3 Å². The number of amides is 2. The van der Waals surface area contributed by atoms with E-state index in [1.165, 1.54) is 4.90 Å². The number of carbonyl (C=O) groups excluding carboxylic acids is 1. The summed E-state index contributed by atoms with van der Waals surface area (Å²) < 4.78 is 0. The number of nitrogens with one attached hydrogen (secondary N) is 1. The van der Waals surface area contributed by atoms with E-state index in [9.17, 15) is 4.79 Å². The highest BCUT2D eigenvalue weighted by Gasteiger charge is 2.14. The van der Waals surface area contributed by atoms with Gasteiger partial charge in [-0.25, -0.2) is 9.78 Å². The molecule has 15 heavy (non-hydrogen) atoms. The van der Waals surface area contributed by atoms with Crippen LogP contribution in [0.25, 0.3) is 0 Å². The highest BCUT2D eigenvalue weighted by atomic mass is 16.2. The number of pyridine rings is 1. The average molecular weight is 208 g/mol. The van der Waals surface area contributed by atoms with Crippen LogP contribution < -0.4 is 16.0 Å². The third kappa shape index (κ3) is 2.83. The molecule has 5 heteroatoms. The smallest absolute Gasteiger partial charge is 0.323 e. The van der Waals surface area contributed by atoms with E-state index in [2.05, 4.69) is 10.3 Å². The highest BCUT2D eigenvalue weighted by Crippen LogP contribution is 2.17. The molecule has 3 N–H and O–H groups in total. The van der Waals surface area contributed by atoms with Crippen molar-refractivity contribution in [1.82, 2.24) is 10.3 Å². The van der Waals surface area contributed by atoms with Crippen molar-refractivity contribution in [3.05, 3.63) is 18.3 Å². The Morgan fingerprint density at radius 2 is 2.27 bits per heavy atom. The number of urea groups is 1. The molecule has 0 aliphatic rings. The molecule has 0 fully saturated rings. The first kappa shape index (κ1) is 11.3. The van der Waals surface area contributed by atoms with Crippen molar-refractivity contribution in [3.63, 3.8) is 0 Å². The molecule has 0 aliphatic carbocycles. The number of nitrogen functional groups attached to an aromatic ring is 1. The van der Waals surface area contributed by atoms with Gasteiger partial charge in [-0.05, 0) is 26.0 Å². The lowest BCUT2D eigenvalue weighted by Gasteiger charge is -2.19. The van der Waals surface area contributed by atoms with Gasteiger partial charge in [0.25, 0.3) is 0 Å². The second-order valence-electron chi connectivity index (χ2n) is 3.58. The number of rotatable bonds is 2. The number of nitrogens with two attached hydrogens (primary N) is 1. The predicted molar refractivity (Wildman–Crippen MR) is 60.7 cm³/mol. The molecular weight excluding hydrogens is 192 g/mol. The third-order valence-corrected chi connectivity index (χ3v) is 1.85. The zero-order valence-corrected chi connectivity index (χ0v) is 9.19. The molecule has 0 saturated carbocycles. The van der Waals surface area contributed by atoms with Gasteiger partial charge in [-0.1, -0.05) is 0 Å². The van der Waals surface area contributed by atoms with Gasteiger partial charge >= 0.3 is 6.03 Å². The number of hydrogen-bond donors (Lipinski definition) is 2. The minimum atomic E-state index is -0.213. The normalized spacial score (nSPS) is 10.1. The van der Waals surface area contributed by atoms with Gasteiger partial charge in [-0.3, -0.25) is 4.90 Å². The molecule has 5 nitrogen and oxygen atoms in total. The van der Waals surface area contributed by atoms with E-state index >= 15 is 0 Å². The van der Waals surface area contributed by atoms with Gasteiger partial charge in [-0.2, -0.15) is 0 Å². The van der Waals surface area contributed by atoms with Crippen LogP contribution in [-0.2, 0) is 0 Å². The quantitative estimate of drug-likeness (QED) is 0.767. The van der Waals surface area contributed by atoms with E-state index in [1.807, 2.05) is 13.8 Å². The van der Waals surface area contributed by atoms with Crippen molar-refractivity contribution >= 4 is 17.5 Å². The highest BCUT2D eigenvalue weighted by molar-refractivity contribution is 5.93. The fraction of sp³-hybridized carbons (Fsp3) is 0.400. The van der Waals surface area contributed by atoms with E-state index in [1.54, 1.807) is 25.4 Å². The maximum atomic E-state index is 11.6. The molecule has 2 amide bonds. The number of nitrogens with zero attached hydrogens (tertiary/aromatic N) is 2. The van der Waals surface area contributed by atoms with Crippen molar-refractivity contribution in [2.45, 2.75) is 19.9 Å². The topological polar surface area (TPSA) is 71.2 Å². The van der Waals surface area contributed by atoms with Crippen LogP contribution in [0.15, 0.2) is 18.3 Å². The van der Waals surface area contributed by atoms with Gasteiger partial charge in [0.1, 0.15) is 0 Å². The van der Waals surface area contributed by atoms with E-state index in [0.29, 0.717) is 11.5 Å². The van der Waals surface area contributed by atoms with Gasteiger partial charge in [0.05, 0.1) is 5.69 Å². The Morgan fingerprint density at radius 1 is 1.60 bits per heavy atom. The largest absolute Gasteiger partial charge is 0.396 e. The fourth-order valence-electron chi connectivity index (χ4n) is 1.13. The summed E-state index contributed by atoms with van der Waals surface area (Å²) >= 11 is 0. The Balaban J connectivity index is 2.81. The summed E-state index contributed by atoms with van der Waals surface area (Å²) in [6.07, 6.45) is 1.60. The molecule has 0 aliphatic heterocycles. The summed E-state index contributed by atoms with van der Waals surface area (Å²) in [4.78, 5) is 17.1. The second-order valence-corrected chi connectivity index (χ2v) is 3.58. The number of anilines is 2.